The maximum atomic E-state index is 5.05. The van der Waals surface area contributed by atoms with Gasteiger partial charge in [0.25, 0.3) is 0 Å². The van der Waals surface area contributed by atoms with E-state index in [0.29, 0.717) is 6.54 Å². The zero-order valence-electron chi connectivity index (χ0n) is 14.4. The van der Waals surface area contributed by atoms with Gasteiger partial charge >= 0.3 is 0 Å². The largest absolute Gasteiger partial charge is 0.385 e. The molecule has 0 unspecified atom stereocenters. The highest BCUT2D eigenvalue weighted by molar-refractivity contribution is 5.79. The van der Waals surface area contributed by atoms with E-state index in [-0.39, 0.29) is 0 Å². The van der Waals surface area contributed by atoms with Crippen LogP contribution in [0.5, 0.6) is 0 Å². The van der Waals surface area contributed by atoms with Crippen LogP contribution in [-0.2, 0) is 17.8 Å². The van der Waals surface area contributed by atoms with E-state index >= 15 is 0 Å². The number of hydrogen-bond acceptors (Lipinski definition) is 3. The first kappa shape index (κ1) is 18.5. The lowest BCUT2D eigenvalue weighted by Crippen LogP contribution is -2.38. The molecule has 22 heavy (non-hydrogen) atoms. The van der Waals surface area contributed by atoms with Crippen molar-refractivity contribution < 1.29 is 4.74 Å². The Labute approximate surface area is 134 Å². The molecule has 5 heteroatoms. The molecule has 0 heterocycles. The summed E-state index contributed by atoms with van der Waals surface area (Å²) < 4.78 is 5.05. The molecule has 2 N–H and O–H groups in total. The minimum atomic E-state index is 0.681. The Morgan fingerprint density at radius 2 is 2.00 bits per heavy atom. The van der Waals surface area contributed by atoms with Crippen LogP contribution in [0.2, 0.25) is 0 Å². The number of rotatable bonds is 9. The molecule has 0 aromatic heterocycles. The maximum absolute atomic E-state index is 5.05. The Morgan fingerprint density at radius 1 is 1.23 bits per heavy atom. The predicted octanol–water partition coefficient (Wildman–Crippen LogP) is 1.84. The third kappa shape index (κ3) is 8.00. The average Bonchev–Trinajstić information content (AvgIpc) is 2.49. The van der Waals surface area contributed by atoms with E-state index in [1.807, 2.05) is 0 Å². The second-order valence-corrected chi connectivity index (χ2v) is 5.53. The minimum absolute atomic E-state index is 0.681. The van der Waals surface area contributed by atoms with Crippen molar-refractivity contribution in [2.45, 2.75) is 26.4 Å². The van der Waals surface area contributed by atoms with Crippen LogP contribution >= 0.6 is 0 Å². The Hall–Kier alpha value is -1.59. The first-order valence-electron chi connectivity index (χ1n) is 7.89. The summed E-state index contributed by atoms with van der Waals surface area (Å²) in [5.41, 5.74) is 2.55. The van der Waals surface area contributed by atoms with Crippen molar-refractivity contribution in [2.24, 2.45) is 4.99 Å². The van der Waals surface area contributed by atoms with Gasteiger partial charge in [0.1, 0.15) is 0 Å². The average molecular weight is 306 g/mol. The van der Waals surface area contributed by atoms with E-state index in [2.05, 4.69) is 65.8 Å². The Bertz CT molecular complexity index is 446. The Morgan fingerprint density at radius 3 is 2.68 bits per heavy atom. The molecule has 1 aromatic rings. The van der Waals surface area contributed by atoms with Gasteiger partial charge in [-0.2, -0.15) is 0 Å². The number of benzene rings is 1. The van der Waals surface area contributed by atoms with Crippen molar-refractivity contribution in [1.82, 2.24) is 15.5 Å². The van der Waals surface area contributed by atoms with Gasteiger partial charge in [-0.3, -0.25) is 0 Å². The fourth-order valence-electron chi connectivity index (χ4n) is 2.13. The molecule has 0 fully saturated rings. The van der Waals surface area contributed by atoms with E-state index in [1.54, 1.807) is 7.11 Å². The summed E-state index contributed by atoms with van der Waals surface area (Å²) in [5.74, 6) is 0.858. The van der Waals surface area contributed by atoms with Crippen molar-refractivity contribution in [3.8, 4) is 0 Å². The molecule has 0 aliphatic heterocycles. The maximum Gasteiger partial charge on any atom is 0.191 e. The van der Waals surface area contributed by atoms with Crippen LogP contribution in [0.4, 0.5) is 0 Å². The Kier molecular flexibility index (Phi) is 9.26. The number of aliphatic imine (C=N–C) groups is 1. The second kappa shape index (κ2) is 11.0. The fourth-order valence-corrected chi connectivity index (χ4v) is 2.13. The molecule has 0 aliphatic carbocycles. The second-order valence-electron chi connectivity index (χ2n) is 5.53. The first-order chi connectivity index (χ1) is 10.7. The molecule has 1 rings (SSSR count). The number of methoxy groups -OCH3 is 1. The molecule has 0 bridgehead atoms. The van der Waals surface area contributed by atoms with Gasteiger partial charge in [0.2, 0.25) is 0 Å². The lowest BCUT2D eigenvalue weighted by atomic mass is 10.1. The van der Waals surface area contributed by atoms with Gasteiger partial charge in [-0.25, -0.2) is 4.99 Å². The van der Waals surface area contributed by atoms with E-state index in [1.165, 1.54) is 11.1 Å². The predicted molar refractivity (Wildman–Crippen MR) is 93.1 cm³/mol. The lowest BCUT2D eigenvalue weighted by molar-refractivity contribution is 0.195. The minimum Gasteiger partial charge on any atom is -0.385 e. The van der Waals surface area contributed by atoms with Crippen LogP contribution in [-0.4, -0.2) is 51.8 Å². The molecule has 0 saturated heterocycles. The highest BCUT2D eigenvalue weighted by Gasteiger charge is 2.00. The lowest BCUT2D eigenvalue weighted by Gasteiger charge is -2.12. The van der Waals surface area contributed by atoms with Crippen molar-refractivity contribution in [3.05, 3.63) is 35.4 Å². The molecule has 0 spiro atoms. The fraction of sp³-hybridized carbons (Fsp3) is 0.588. The molecule has 0 aliphatic rings. The molecule has 0 atom stereocenters. The van der Waals surface area contributed by atoms with Crippen molar-refractivity contribution in [1.29, 1.82) is 0 Å². The number of nitrogens with zero attached hydrogens (tertiary/aromatic N) is 2. The van der Waals surface area contributed by atoms with Gasteiger partial charge in [-0.1, -0.05) is 24.3 Å². The first-order valence-corrected chi connectivity index (χ1v) is 7.89. The molecular weight excluding hydrogens is 276 g/mol. The SMILES string of the molecule is CCNC(=NCc1cccc(CN(C)C)c1)NCCCOC. The highest BCUT2D eigenvalue weighted by atomic mass is 16.5. The van der Waals surface area contributed by atoms with Gasteiger partial charge < -0.3 is 20.3 Å². The van der Waals surface area contributed by atoms with Crippen LogP contribution in [0, 0.1) is 0 Å². The smallest absolute Gasteiger partial charge is 0.191 e. The molecule has 0 radical (unpaired) electrons. The quantitative estimate of drug-likeness (QED) is 0.415. The van der Waals surface area contributed by atoms with Crippen LogP contribution in [0.1, 0.15) is 24.5 Å². The Balaban J connectivity index is 2.57. The van der Waals surface area contributed by atoms with Gasteiger partial charge in [0, 0.05) is 33.4 Å². The van der Waals surface area contributed by atoms with Gasteiger partial charge in [0.15, 0.2) is 5.96 Å². The summed E-state index contributed by atoms with van der Waals surface area (Å²) in [6, 6.07) is 8.60. The van der Waals surface area contributed by atoms with Crippen LogP contribution in [0.15, 0.2) is 29.3 Å². The zero-order chi connectivity index (χ0) is 16.2. The van der Waals surface area contributed by atoms with Crippen molar-refractivity contribution in [3.63, 3.8) is 0 Å². The van der Waals surface area contributed by atoms with E-state index in [0.717, 1.165) is 38.6 Å². The van der Waals surface area contributed by atoms with Crippen LogP contribution in [0.3, 0.4) is 0 Å². The monoisotopic (exact) mass is 306 g/mol. The number of guanidine groups is 1. The normalized spacial score (nSPS) is 11.8. The van der Waals surface area contributed by atoms with Gasteiger partial charge in [-0.05, 0) is 38.6 Å². The van der Waals surface area contributed by atoms with Crippen molar-refractivity contribution >= 4 is 5.96 Å². The summed E-state index contributed by atoms with van der Waals surface area (Å²) in [7, 11) is 5.89. The molecule has 124 valence electrons. The van der Waals surface area contributed by atoms with E-state index < -0.39 is 0 Å². The summed E-state index contributed by atoms with van der Waals surface area (Å²) in [5, 5.41) is 6.59. The zero-order valence-corrected chi connectivity index (χ0v) is 14.4. The van der Waals surface area contributed by atoms with E-state index in [9.17, 15) is 0 Å². The number of hydrogen-bond donors (Lipinski definition) is 2. The molecule has 0 amide bonds. The molecular formula is C17H30N4O. The van der Waals surface area contributed by atoms with Gasteiger partial charge in [-0.15, -0.1) is 0 Å². The third-order valence-electron chi connectivity index (χ3n) is 3.07. The standard InChI is InChI=1S/C17H30N4O/c1-5-18-17(19-10-7-11-22-4)20-13-15-8-6-9-16(12-15)14-21(2)3/h6,8-9,12H,5,7,10-11,13-14H2,1-4H3,(H2,18,19,20). The topological polar surface area (TPSA) is 48.9 Å². The van der Waals surface area contributed by atoms with Crippen molar-refractivity contribution in [2.75, 3.05) is 40.9 Å². The molecule has 0 saturated carbocycles. The van der Waals surface area contributed by atoms with Gasteiger partial charge in [0.05, 0.1) is 6.54 Å². The number of ether oxygens (including phenoxy) is 1. The summed E-state index contributed by atoms with van der Waals surface area (Å²) in [6.07, 6.45) is 0.971. The highest BCUT2D eigenvalue weighted by Crippen LogP contribution is 2.08. The third-order valence-corrected chi connectivity index (χ3v) is 3.07. The summed E-state index contributed by atoms with van der Waals surface area (Å²) >= 11 is 0. The molecule has 1 aromatic carbocycles. The molecule has 5 nitrogen and oxygen atoms in total. The van der Waals surface area contributed by atoms with Crippen LogP contribution < -0.4 is 10.6 Å². The van der Waals surface area contributed by atoms with Crippen LogP contribution in [0.25, 0.3) is 0 Å². The number of nitrogens with one attached hydrogen (secondary N) is 2. The summed E-state index contributed by atoms with van der Waals surface area (Å²) in [4.78, 5) is 6.81. The van der Waals surface area contributed by atoms with E-state index in [4.69, 9.17) is 4.74 Å². The summed E-state index contributed by atoms with van der Waals surface area (Å²) in [6.45, 7) is 6.19.